The zero-order valence-electron chi connectivity index (χ0n) is 17.6. The SMILES string of the molecule is COc1ccc(CN(C(=O)C(c2ccccc2)c2ccccc2)[C@@H](C)C(N)=O)cc1.Cl. The molecule has 0 bridgehead atoms. The summed E-state index contributed by atoms with van der Waals surface area (Å²) in [5.41, 5.74) is 8.22. The van der Waals surface area contributed by atoms with E-state index in [0.29, 0.717) is 0 Å². The van der Waals surface area contributed by atoms with Gasteiger partial charge in [-0.15, -0.1) is 12.4 Å². The number of rotatable bonds is 8. The average molecular weight is 439 g/mol. The quantitative estimate of drug-likeness (QED) is 0.574. The van der Waals surface area contributed by atoms with E-state index in [9.17, 15) is 9.59 Å². The van der Waals surface area contributed by atoms with Crippen molar-refractivity contribution in [2.45, 2.75) is 25.4 Å². The first-order valence-electron chi connectivity index (χ1n) is 9.84. The molecule has 1 atom stereocenters. The van der Waals surface area contributed by atoms with Crippen LogP contribution in [0.2, 0.25) is 0 Å². The topological polar surface area (TPSA) is 72.6 Å². The normalized spacial score (nSPS) is 11.3. The molecule has 31 heavy (non-hydrogen) atoms. The first-order valence-corrected chi connectivity index (χ1v) is 9.84. The molecule has 0 heterocycles. The van der Waals surface area contributed by atoms with Gasteiger partial charge in [0, 0.05) is 6.54 Å². The fourth-order valence-electron chi connectivity index (χ4n) is 3.42. The van der Waals surface area contributed by atoms with Crippen LogP contribution < -0.4 is 10.5 Å². The van der Waals surface area contributed by atoms with E-state index in [2.05, 4.69) is 0 Å². The predicted octanol–water partition coefficient (Wildman–Crippen LogP) is 4.15. The highest BCUT2D eigenvalue weighted by molar-refractivity contribution is 5.91. The fraction of sp³-hybridized carbons (Fsp3) is 0.200. The molecule has 162 valence electrons. The zero-order chi connectivity index (χ0) is 21.5. The summed E-state index contributed by atoms with van der Waals surface area (Å²) in [6.07, 6.45) is 0. The maximum atomic E-state index is 13.8. The standard InChI is InChI=1S/C25H26N2O3.ClH/c1-18(24(26)28)27(17-19-13-15-22(30-2)16-14-19)25(29)23(20-9-5-3-6-10-20)21-11-7-4-8-12-21;/h3-16,18,23H,17H2,1-2H3,(H2,26,28);1H/t18-;/m0./s1. The van der Waals surface area contributed by atoms with Crippen molar-refractivity contribution in [1.29, 1.82) is 0 Å². The lowest BCUT2D eigenvalue weighted by Gasteiger charge is -2.31. The summed E-state index contributed by atoms with van der Waals surface area (Å²) >= 11 is 0. The van der Waals surface area contributed by atoms with Crippen molar-refractivity contribution in [3.8, 4) is 5.75 Å². The molecule has 0 unspecified atom stereocenters. The minimum Gasteiger partial charge on any atom is -0.497 e. The molecule has 0 aliphatic rings. The number of halogens is 1. The Bertz CT molecular complexity index is 939. The van der Waals surface area contributed by atoms with Crippen LogP contribution in [0.5, 0.6) is 5.75 Å². The number of hydrogen-bond donors (Lipinski definition) is 1. The Labute approximate surface area is 189 Å². The summed E-state index contributed by atoms with van der Waals surface area (Å²) in [6.45, 7) is 1.93. The number of nitrogens with two attached hydrogens (primary N) is 1. The summed E-state index contributed by atoms with van der Waals surface area (Å²) in [5, 5.41) is 0. The second kappa shape index (κ2) is 11.2. The summed E-state index contributed by atoms with van der Waals surface area (Å²) in [6, 6.07) is 25.8. The molecule has 0 aliphatic heterocycles. The average Bonchev–Trinajstić information content (AvgIpc) is 2.79. The zero-order valence-corrected chi connectivity index (χ0v) is 18.4. The van der Waals surface area contributed by atoms with Crippen molar-refractivity contribution < 1.29 is 14.3 Å². The summed E-state index contributed by atoms with van der Waals surface area (Å²) in [4.78, 5) is 27.4. The fourth-order valence-corrected chi connectivity index (χ4v) is 3.42. The number of ether oxygens (including phenoxy) is 1. The Hall–Kier alpha value is -3.31. The second-order valence-electron chi connectivity index (χ2n) is 7.15. The van der Waals surface area contributed by atoms with Crippen LogP contribution in [0.3, 0.4) is 0 Å². The number of amides is 2. The lowest BCUT2D eigenvalue weighted by atomic mass is 9.89. The van der Waals surface area contributed by atoms with Gasteiger partial charge in [-0.3, -0.25) is 9.59 Å². The Morgan fingerprint density at radius 2 is 1.35 bits per heavy atom. The van der Waals surface area contributed by atoms with Gasteiger partial charge in [-0.05, 0) is 35.7 Å². The first kappa shape index (κ1) is 24.0. The molecule has 3 aromatic carbocycles. The number of carbonyl (C=O) groups is 2. The molecule has 0 saturated carbocycles. The maximum Gasteiger partial charge on any atom is 0.239 e. The van der Waals surface area contributed by atoms with Gasteiger partial charge in [-0.2, -0.15) is 0 Å². The third-order valence-corrected chi connectivity index (χ3v) is 5.19. The van der Waals surface area contributed by atoms with Gasteiger partial charge >= 0.3 is 0 Å². The van der Waals surface area contributed by atoms with Crippen LogP contribution in [0.1, 0.15) is 29.5 Å². The van der Waals surface area contributed by atoms with Crippen LogP contribution >= 0.6 is 12.4 Å². The molecule has 3 rings (SSSR count). The van der Waals surface area contributed by atoms with E-state index in [-0.39, 0.29) is 24.9 Å². The number of nitrogens with zero attached hydrogens (tertiary/aromatic N) is 1. The molecule has 0 aromatic heterocycles. The van der Waals surface area contributed by atoms with E-state index in [4.69, 9.17) is 10.5 Å². The molecule has 0 saturated heterocycles. The Kier molecular flexibility index (Phi) is 8.64. The highest BCUT2D eigenvalue weighted by atomic mass is 35.5. The molecule has 6 heteroatoms. The molecule has 3 aromatic rings. The van der Waals surface area contributed by atoms with Crippen molar-refractivity contribution >= 4 is 24.2 Å². The third-order valence-electron chi connectivity index (χ3n) is 5.19. The monoisotopic (exact) mass is 438 g/mol. The van der Waals surface area contributed by atoms with Crippen molar-refractivity contribution in [1.82, 2.24) is 4.90 Å². The van der Waals surface area contributed by atoms with Crippen molar-refractivity contribution in [2.75, 3.05) is 7.11 Å². The van der Waals surface area contributed by atoms with Gasteiger partial charge < -0.3 is 15.4 Å². The van der Waals surface area contributed by atoms with E-state index in [1.165, 1.54) is 0 Å². The summed E-state index contributed by atoms with van der Waals surface area (Å²) in [5.74, 6) is -0.523. The number of carbonyl (C=O) groups excluding carboxylic acids is 2. The molecule has 2 amide bonds. The van der Waals surface area contributed by atoms with Gasteiger partial charge in [0.2, 0.25) is 11.8 Å². The Morgan fingerprint density at radius 1 is 0.871 bits per heavy atom. The van der Waals surface area contributed by atoms with Crippen LogP contribution in [0.15, 0.2) is 84.9 Å². The molecule has 0 radical (unpaired) electrons. The van der Waals surface area contributed by atoms with Crippen molar-refractivity contribution in [3.63, 3.8) is 0 Å². The third kappa shape index (κ3) is 5.86. The van der Waals surface area contributed by atoms with E-state index in [1.807, 2.05) is 84.9 Å². The smallest absolute Gasteiger partial charge is 0.239 e. The van der Waals surface area contributed by atoms with E-state index >= 15 is 0 Å². The van der Waals surface area contributed by atoms with Crippen molar-refractivity contribution in [3.05, 3.63) is 102 Å². The lowest BCUT2D eigenvalue weighted by molar-refractivity contribution is -0.140. The summed E-state index contributed by atoms with van der Waals surface area (Å²) in [7, 11) is 1.60. The predicted molar refractivity (Wildman–Crippen MR) is 124 cm³/mol. The number of benzene rings is 3. The van der Waals surface area contributed by atoms with Gasteiger partial charge in [-0.25, -0.2) is 0 Å². The maximum absolute atomic E-state index is 13.8. The highest BCUT2D eigenvalue weighted by Crippen LogP contribution is 2.28. The molecule has 0 fully saturated rings. The van der Waals surface area contributed by atoms with Crippen LogP contribution in [0, 0.1) is 0 Å². The highest BCUT2D eigenvalue weighted by Gasteiger charge is 2.32. The van der Waals surface area contributed by atoms with Crippen LogP contribution in [0.25, 0.3) is 0 Å². The first-order chi connectivity index (χ1) is 14.5. The molecular weight excluding hydrogens is 412 g/mol. The van der Waals surface area contributed by atoms with E-state index in [0.717, 1.165) is 22.4 Å². The van der Waals surface area contributed by atoms with Gasteiger partial charge in [0.15, 0.2) is 0 Å². The molecule has 0 spiro atoms. The van der Waals surface area contributed by atoms with Crippen molar-refractivity contribution in [2.24, 2.45) is 5.73 Å². The van der Waals surface area contributed by atoms with Crippen LogP contribution in [-0.4, -0.2) is 29.9 Å². The van der Waals surface area contributed by atoms with Gasteiger partial charge in [-0.1, -0.05) is 72.8 Å². The van der Waals surface area contributed by atoms with E-state index in [1.54, 1.807) is 18.9 Å². The largest absolute Gasteiger partial charge is 0.497 e. The lowest BCUT2D eigenvalue weighted by Crippen LogP contribution is -2.47. The number of methoxy groups -OCH3 is 1. The van der Waals surface area contributed by atoms with Gasteiger partial charge in [0.25, 0.3) is 0 Å². The second-order valence-corrected chi connectivity index (χ2v) is 7.15. The molecular formula is C25H27ClN2O3. The minimum absolute atomic E-state index is 0. The number of hydrogen-bond acceptors (Lipinski definition) is 3. The molecule has 0 aliphatic carbocycles. The molecule has 5 nitrogen and oxygen atoms in total. The van der Waals surface area contributed by atoms with Crippen LogP contribution in [-0.2, 0) is 16.1 Å². The van der Waals surface area contributed by atoms with Crippen LogP contribution in [0.4, 0.5) is 0 Å². The summed E-state index contributed by atoms with van der Waals surface area (Å²) < 4.78 is 5.21. The van der Waals surface area contributed by atoms with Gasteiger partial charge in [0.1, 0.15) is 11.8 Å². The van der Waals surface area contributed by atoms with Gasteiger partial charge in [0.05, 0.1) is 13.0 Å². The number of primary amides is 1. The molecule has 2 N–H and O–H groups in total. The Balaban J connectivity index is 0.00000341. The minimum atomic E-state index is -0.755. The van der Waals surface area contributed by atoms with E-state index < -0.39 is 17.9 Å². The Morgan fingerprint density at radius 3 is 1.77 bits per heavy atom.